The largest absolute Gasteiger partial charge is 0.219 e. The molecule has 0 atom stereocenters. The molecule has 14 heavy (non-hydrogen) atoms. The summed E-state index contributed by atoms with van der Waals surface area (Å²) in [6, 6.07) is 8.23. The summed E-state index contributed by atoms with van der Waals surface area (Å²) in [4.78, 5) is 4.24. The van der Waals surface area contributed by atoms with Crippen LogP contribution in [0.1, 0.15) is 0 Å². The van der Waals surface area contributed by atoms with Crippen LogP contribution in [0, 0.1) is 3.57 Å². The summed E-state index contributed by atoms with van der Waals surface area (Å²) in [5.74, 6) is 0. The first kappa shape index (κ1) is 8.16. The Bertz CT molecular complexity index is 615. The zero-order chi connectivity index (χ0) is 9.54. The maximum atomic E-state index is 4.24. The van der Waals surface area contributed by atoms with E-state index < -0.39 is 0 Å². The number of pyridine rings is 1. The summed E-state index contributed by atoms with van der Waals surface area (Å²) in [7, 11) is 0. The van der Waals surface area contributed by atoms with Gasteiger partial charge in [0.2, 0.25) is 0 Å². The predicted octanol–water partition coefficient (Wildman–Crippen LogP) is 2.49. The van der Waals surface area contributed by atoms with Gasteiger partial charge in [0.15, 0.2) is 5.65 Å². The highest BCUT2D eigenvalue weighted by Crippen LogP contribution is 2.22. The molecule has 3 aromatic rings. The van der Waals surface area contributed by atoms with Crippen molar-refractivity contribution in [1.82, 2.24) is 14.6 Å². The molecule has 0 aliphatic heterocycles. The zero-order valence-corrected chi connectivity index (χ0v) is 9.34. The molecule has 68 valence electrons. The van der Waals surface area contributed by atoms with E-state index in [-0.39, 0.29) is 0 Å². The van der Waals surface area contributed by atoms with Gasteiger partial charge in [-0.15, -0.1) is 0 Å². The van der Waals surface area contributed by atoms with Crippen LogP contribution in [0.5, 0.6) is 0 Å². The number of aromatic nitrogens is 3. The van der Waals surface area contributed by atoms with Gasteiger partial charge in [0, 0.05) is 20.5 Å². The van der Waals surface area contributed by atoms with E-state index in [1.54, 1.807) is 6.33 Å². The van der Waals surface area contributed by atoms with Gasteiger partial charge in [-0.05, 0) is 22.6 Å². The van der Waals surface area contributed by atoms with Crippen LogP contribution in [0.2, 0.25) is 0 Å². The SMILES string of the molecule is Ic1cn2ncnc2c2ccccc12. The van der Waals surface area contributed by atoms with Crippen LogP contribution < -0.4 is 0 Å². The summed E-state index contributed by atoms with van der Waals surface area (Å²) < 4.78 is 3.00. The molecule has 0 saturated heterocycles. The zero-order valence-electron chi connectivity index (χ0n) is 7.18. The topological polar surface area (TPSA) is 30.2 Å². The monoisotopic (exact) mass is 295 g/mol. The molecular weight excluding hydrogens is 289 g/mol. The van der Waals surface area contributed by atoms with Crippen LogP contribution in [-0.2, 0) is 0 Å². The van der Waals surface area contributed by atoms with Gasteiger partial charge in [0.05, 0.1) is 0 Å². The number of halogens is 1. The first-order chi connectivity index (χ1) is 6.86. The molecule has 0 fully saturated rings. The van der Waals surface area contributed by atoms with E-state index in [2.05, 4.69) is 44.8 Å². The Kier molecular flexibility index (Phi) is 1.70. The molecule has 0 unspecified atom stereocenters. The maximum Gasteiger partial charge on any atom is 0.163 e. The van der Waals surface area contributed by atoms with Gasteiger partial charge in [-0.3, -0.25) is 0 Å². The Balaban J connectivity index is 2.67. The van der Waals surface area contributed by atoms with Crippen molar-refractivity contribution in [3.8, 4) is 0 Å². The molecule has 1 aromatic carbocycles. The molecule has 0 saturated carbocycles. The van der Waals surface area contributed by atoms with E-state index in [4.69, 9.17) is 0 Å². The molecule has 0 aliphatic carbocycles. The Labute approximate surface area is 93.9 Å². The molecule has 4 heteroatoms. The number of benzene rings is 1. The van der Waals surface area contributed by atoms with Crippen molar-refractivity contribution in [2.45, 2.75) is 0 Å². The normalized spacial score (nSPS) is 11.2. The van der Waals surface area contributed by atoms with Crippen molar-refractivity contribution in [2.24, 2.45) is 0 Å². The fourth-order valence-electron chi connectivity index (χ4n) is 1.60. The summed E-state index contributed by atoms with van der Waals surface area (Å²) in [5.41, 5.74) is 0.918. The minimum Gasteiger partial charge on any atom is -0.219 e. The fraction of sp³-hybridized carbons (Fsp3) is 0. The third-order valence-corrected chi connectivity index (χ3v) is 3.09. The van der Waals surface area contributed by atoms with Gasteiger partial charge in [-0.1, -0.05) is 24.3 Å². The lowest BCUT2D eigenvalue weighted by Crippen LogP contribution is -1.90. The van der Waals surface area contributed by atoms with Crippen molar-refractivity contribution >= 4 is 39.0 Å². The van der Waals surface area contributed by atoms with Gasteiger partial charge < -0.3 is 0 Å². The number of rotatable bonds is 0. The Morgan fingerprint density at radius 1 is 1.14 bits per heavy atom. The highest BCUT2D eigenvalue weighted by molar-refractivity contribution is 14.1. The van der Waals surface area contributed by atoms with Crippen LogP contribution in [0.4, 0.5) is 0 Å². The second-order valence-electron chi connectivity index (χ2n) is 3.05. The van der Waals surface area contributed by atoms with Crippen molar-refractivity contribution in [3.05, 3.63) is 40.4 Å². The van der Waals surface area contributed by atoms with E-state index in [0.717, 1.165) is 11.0 Å². The average Bonchev–Trinajstić information content (AvgIpc) is 2.66. The average molecular weight is 295 g/mol. The van der Waals surface area contributed by atoms with Crippen LogP contribution >= 0.6 is 22.6 Å². The van der Waals surface area contributed by atoms with E-state index in [9.17, 15) is 0 Å². The second kappa shape index (κ2) is 2.91. The standard InChI is InChI=1S/C10H6IN3/c11-9-5-14-10(12-6-13-14)8-4-2-1-3-7(8)9/h1-6H. The predicted molar refractivity (Wildman–Crippen MR) is 63.2 cm³/mol. The number of hydrogen-bond donors (Lipinski definition) is 0. The highest BCUT2D eigenvalue weighted by Gasteiger charge is 2.04. The summed E-state index contributed by atoms with van der Waals surface area (Å²) in [5, 5.41) is 6.51. The Hall–Kier alpha value is -1.17. The van der Waals surface area contributed by atoms with Gasteiger partial charge in [-0.2, -0.15) is 5.10 Å². The molecule has 0 radical (unpaired) electrons. The van der Waals surface area contributed by atoms with Crippen molar-refractivity contribution in [2.75, 3.05) is 0 Å². The van der Waals surface area contributed by atoms with Crippen LogP contribution in [0.15, 0.2) is 36.8 Å². The molecule has 3 rings (SSSR count). The third kappa shape index (κ3) is 1.03. The number of hydrogen-bond acceptors (Lipinski definition) is 2. The first-order valence-electron chi connectivity index (χ1n) is 4.23. The maximum absolute atomic E-state index is 4.24. The fourth-order valence-corrected chi connectivity index (χ4v) is 2.33. The lowest BCUT2D eigenvalue weighted by atomic mass is 10.2. The number of fused-ring (bicyclic) bond motifs is 3. The summed E-state index contributed by atoms with van der Waals surface area (Å²) in [6.45, 7) is 0. The molecule has 0 spiro atoms. The lowest BCUT2D eigenvalue weighted by Gasteiger charge is -2.01. The molecule has 3 nitrogen and oxygen atoms in total. The minimum atomic E-state index is 0.918. The van der Waals surface area contributed by atoms with Gasteiger partial charge in [-0.25, -0.2) is 9.50 Å². The van der Waals surface area contributed by atoms with E-state index >= 15 is 0 Å². The molecule has 0 amide bonds. The lowest BCUT2D eigenvalue weighted by molar-refractivity contribution is 0.962. The smallest absolute Gasteiger partial charge is 0.163 e. The van der Waals surface area contributed by atoms with Crippen LogP contribution in [0.25, 0.3) is 16.4 Å². The van der Waals surface area contributed by atoms with Crippen LogP contribution in [0.3, 0.4) is 0 Å². The molecule has 0 N–H and O–H groups in total. The Morgan fingerprint density at radius 3 is 2.79 bits per heavy atom. The van der Waals surface area contributed by atoms with Crippen molar-refractivity contribution < 1.29 is 0 Å². The minimum absolute atomic E-state index is 0.918. The molecule has 2 aromatic heterocycles. The summed E-state index contributed by atoms with van der Waals surface area (Å²) >= 11 is 2.32. The van der Waals surface area contributed by atoms with Crippen molar-refractivity contribution in [3.63, 3.8) is 0 Å². The molecule has 2 heterocycles. The molecular formula is C10H6IN3. The second-order valence-corrected chi connectivity index (χ2v) is 4.21. The molecule has 0 aliphatic rings. The third-order valence-electron chi connectivity index (χ3n) is 2.23. The Morgan fingerprint density at radius 2 is 1.93 bits per heavy atom. The van der Waals surface area contributed by atoms with E-state index in [0.29, 0.717) is 0 Å². The van der Waals surface area contributed by atoms with E-state index in [1.165, 1.54) is 8.96 Å². The van der Waals surface area contributed by atoms with Crippen LogP contribution in [-0.4, -0.2) is 14.6 Å². The summed E-state index contributed by atoms with van der Waals surface area (Å²) in [6.07, 6.45) is 3.57. The first-order valence-corrected chi connectivity index (χ1v) is 5.31. The van der Waals surface area contributed by atoms with Gasteiger partial charge in [0.25, 0.3) is 0 Å². The van der Waals surface area contributed by atoms with Gasteiger partial charge in [0.1, 0.15) is 6.33 Å². The van der Waals surface area contributed by atoms with E-state index in [1.807, 2.05) is 22.8 Å². The highest BCUT2D eigenvalue weighted by atomic mass is 127. The van der Waals surface area contributed by atoms with Gasteiger partial charge >= 0.3 is 0 Å². The molecule has 0 bridgehead atoms. The quantitative estimate of drug-likeness (QED) is 0.596. The van der Waals surface area contributed by atoms with Crippen molar-refractivity contribution in [1.29, 1.82) is 0 Å². The number of nitrogens with zero attached hydrogens (tertiary/aromatic N) is 3.